The highest BCUT2D eigenvalue weighted by Gasteiger charge is 2.13. The van der Waals surface area contributed by atoms with E-state index in [4.69, 9.17) is 11.6 Å². The lowest BCUT2D eigenvalue weighted by Crippen LogP contribution is -2.01. The quantitative estimate of drug-likeness (QED) is 0.744. The van der Waals surface area contributed by atoms with Gasteiger partial charge in [0.25, 0.3) is 0 Å². The fourth-order valence-corrected chi connectivity index (χ4v) is 2.52. The lowest BCUT2D eigenvalue weighted by Gasteiger charge is -2.09. The molecule has 0 saturated heterocycles. The van der Waals surface area contributed by atoms with Crippen LogP contribution in [0.3, 0.4) is 0 Å². The number of hydrogen-bond acceptors (Lipinski definition) is 1. The Hall–Kier alpha value is -0.960. The summed E-state index contributed by atoms with van der Waals surface area (Å²) in [6.45, 7) is 2.01. The normalized spacial score (nSPS) is 12.4. The van der Waals surface area contributed by atoms with Gasteiger partial charge in [-0.2, -0.15) is 0 Å². The Morgan fingerprint density at radius 2 is 1.31 bits per heavy atom. The second kappa shape index (κ2) is 4.91. The Morgan fingerprint density at radius 1 is 0.875 bits per heavy atom. The van der Waals surface area contributed by atoms with Crippen LogP contribution in [0.4, 0.5) is 0 Å². The minimum absolute atomic E-state index is 0.657. The van der Waals surface area contributed by atoms with Gasteiger partial charge in [-0.3, -0.25) is 0 Å². The van der Waals surface area contributed by atoms with Gasteiger partial charge in [0.05, 0.1) is 0 Å². The van der Waals surface area contributed by atoms with Gasteiger partial charge in [0.2, 0.25) is 0 Å². The van der Waals surface area contributed by atoms with E-state index >= 15 is 0 Å². The van der Waals surface area contributed by atoms with E-state index in [9.17, 15) is 4.55 Å². The van der Waals surface area contributed by atoms with Gasteiger partial charge >= 0.3 is 0 Å². The first-order valence-corrected chi connectivity index (χ1v) is 6.43. The van der Waals surface area contributed by atoms with Crippen LogP contribution < -0.4 is 0 Å². The van der Waals surface area contributed by atoms with Crippen molar-refractivity contribution in [1.29, 1.82) is 0 Å². The monoisotopic (exact) mass is 250 g/mol. The molecule has 1 nitrogen and oxygen atoms in total. The van der Waals surface area contributed by atoms with Crippen LogP contribution >= 0.6 is 11.6 Å². The van der Waals surface area contributed by atoms with Gasteiger partial charge in [-0.25, -0.2) is 0 Å². The van der Waals surface area contributed by atoms with Crippen molar-refractivity contribution < 1.29 is 4.55 Å². The molecule has 0 aliphatic rings. The van der Waals surface area contributed by atoms with E-state index in [1.165, 1.54) is 0 Å². The lowest BCUT2D eigenvalue weighted by atomic mass is 10.2. The molecule has 0 saturated carbocycles. The molecular formula is C13H11ClOS. The van der Waals surface area contributed by atoms with Crippen LogP contribution in [0.1, 0.15) is 5.56 Å². The topological polar surface area (TPSA) is 23.1 Å². The van der Waals surface area contributed by atoms with Crippen molar-refractivity contribution in [2.75, 3.05) is 0 Å². The van der Waals surface area contributed by atoms with E-state index in [1.807, 2.05) is 31.2 Å². The molecule has 0 spiro atoms. The second-order valence-corrected chi connectivity index (χ2v) is 5.45. The summed E-state index contributed by atoms with van der Waals surface area (Å²) < 4.78 is 12.1. The zero-order chi connectivity index (χ0) is 11.5. The lowest BCUT2D eigenvalue weighted by molar-refractivity contribution is 0.595. The van der Waals surface area contributed by atoms with Crippen LogP contribution in [0.25, 0.3) is 0 Å². The summed E-state index contributed by atoms with van der Waals surface area (Å²) in [5, 5.41) is 0.657. The van der Waals surface area contributed by atoms with Crippen LogP contribution in [-0.4, -0.2) is 4.55 Å². The van der Waals surface area contributed by atoms with Gasteiger partial charge in [-0.05, 0) is 43.3 Å². The Labute approximate surface area is 103 Å². The SMILES string of the molecule is Cc1ccc([S+]([O-])c2ccc(Cl)cc2)cc1. The van der Waals surface area contributed by atoms with Crippen LogP contribution in [-0.2, 0) is 11.2 Å². The third-order valence-electron chi connectivity index (χ3n) is 2.26. The van der Waals surface area contributed by atoms with Crippen molar-refractivity contribution in [3.8, 4) is 0 Å². The molecule has 2 rings (SSSR count). The number of aryl methyl sites for hydroxylation is 1. The second-order valence-electron chi connectivity index (χ2n) is 3.54. The van der Waals surface area contributed by atoms with Gasteiger partial charge in [-0.1, -0.05) is 29.3 Å². The zero-order valence-corrected chi connectivity index (χ0v) is 10.4. The molecule has 0 aliphatic carbocycles. The van der Waals surface area contributed by atoms with Crippen LogP contribution in [0.15, 0.2) is 58.3 Å². The van der Waals surface area contributed by atoms with Crippen molar-refractivity contribution >= 4 is 22.8 Å². The maximum absolute atomic E-state index is 12.1. The summed E-state index contributed by atoms with van der Waals surface area (Å²) >= 11 is 4.66. The highest BCUT2D eigenvalue weighted by Crippen LogP contribution is 2.22. The standard InChI is InChI=1S/C13H11ClOS/c1-10-2-6-12(7-3-10)16(15)13-8-4-11(14)5-9-13/h2-9H,1H3. The van der Waals surface area contributed by atoms with Gasteiger partial charge in [-0.15, -0.1) is 0 Å². The number of halogens is 1. The molecular weight excluding hydrogens is 240 g/mol. The van der Waals surface area contributed by atoms with Crippen molar-refractivity contribution in [3.63, 3.8) is 0 Å². The molecule has 0 N–H and O–H groups in total. The van der Waals surface area contributed by atoms with Gasteiger partial charge in [0, 0.05) is 16.2 Å². The smallest absolute Gasteiger partial charge is 0.158 e. The molecule has 1 atom stereocenters. The molecule has 0 bridgehead atoms. The summed E-state index contributed by atoms with van der Waals surface area (Å²) in [7, 11) is 0. The highest BCUT2D eigenvalue weighted by molar-refractivity contribution is 7.91. The average molecular weight is 251 g/mol. The number of rotatable bonds is 2. The molecule has 0 fully saturated rings. The number of benzene rings is 2. The van der Waals surface area contributed by atoms with E-state index in [2.05, 4.69) is 0 Å². The van der Waals surface area contributed by atoms with Crippen molar-refractivity contribution in [2.24, 2.45) is 0 Å². The first-order valence-electron chi connectivity index (χ1n) is 4.91. The van der Waals surface area contributed by atoms with E-state index in [0.29, 0.717) is 5.02 Å². The van der Waals surface area contributed by atoms with Gasteiger partial charge in [0.1, 0.15) is 0 Å². The molecule has 16 heavy (non-hydrogen) atoms. The summed E-state index contributed by atoms with van der Waals surface area (Å²) in [6.07, 6.45) is 0. The first-order chi connectivity index (χ1) is 7.66. The molecule has 82 valence electrons. The van der Waals surface area contributed by atoms with Crippen LogP contribution in [0.5, 0.6) is 0 Å². The van der Waals surface area contributed by atoms with E-state index in [0.717, 1.165) is 15.4 Å². The summed E-state index contributed by atoms with van der Waals surface area (Å²) in [5.41, 5.74) is 1.16. The fraction of sp³-hybridized carbons (Fsp3) is 0.0769. The summed E-state index contributed by atoms with van der Waals surface area (Å²) in [6, 6.07) is 14.8. The summed E-state index contributed by atoms with van der Waals surface area (Å²) in [4.78, 5) is 1.58. The largest absolute Gasteiger partial charge is 0.606 e. The zero-order valence-electron chi connectivity index (χ0n) is 8.81. The molecule has 2 aromatic rings. The Morgan fingerprint density at radius 3 is 1.81 bits per heavy atom. The average Bonchev–Trinajstić information content (AvgIpc) is 2.30. The third kappa shape index (κ3) is 2.59. The maximum Gasteiger partial charge on any atom is 0.158 e. The Kier molecular flexibility index (Phi) is 3.54. The Bertz CT molecular complexity index is 419. The molecule has 0 amide bonds. The van der Waals surface area contributed by atoms with Crippen molar-refractivity contribution in [3.05, 3.63) is 59.1 Å². The third-order valence-corrected chi connectivity index (χ3v) is 3.92. The van der Waals surface area contributed by atoms with Crippen LogP contribution in [0.2, 0.25) is 5.02 Å². The number of hydrogen-bond donors (Lipinski definition) is 0. The van der Waals surface area contributed by atoms with Crippen molar-refractivity contribution in [1.82, 2.24) is 0 Å². The predicted octanol–water partition coefficient (Wildman–Crippen LogP) is 3.82. The summed E-state index contributed by atoms with van der Waals surface area (Å²) in [5.74, 6) is 0. The molecule has 0 heterocycles. The van der Waals surface area contributed by atoms with E-state index < -0.39 is 11.2 Å². The Balaban J connectivity index is 2.28. The van der Waals surface area contributed by atoms with E-state index in [-0.39, 0.29) is 0 Å². The minimum Gasteiger partial charge on any atom is -0.606 e. The molecule has 1 unspecified atom stereocenters. The highest BCUT2D eigenvalue weighted by atomic mass is 35.5. The van der Waals surface area contributed by atoms with Gasteiger partial charge in [0.15, 0.2) is 9.79 Å². The predicted molar refractivity (Wildman–Crippen MR) is 67.3 cm³/mol. The van der Waals surface area contributed by atoms with E-state index in [1.54, 1.807) is 24.3 Å². The molecule has 0 radical (unpaired) electrons. The van der Waals surface area contributed by atoms with Crippen LogP contribution in [0, 0.1) is 6.92 Å². The fourth-order valence-electron chi connectivity index (χ4n) is 1.36. The first kappa shape index (κ1) is 11.5. The molecule has 0 aromatic heterocycles. The van der Waals surface area contributed by atoms with Crippen molar-refractivity contribution in [2.45, 2.75) is 16.7 Å². The molecule has 0 aliphatic heterocycles. The van der Waals surface area contributed by atoms with Gasteiger partial charge < -0.3 is 4.55 Å². The minimum atomic E-state index is -1.12. The molecule has 2 aromatic carbocycles. The molecule has 3 heteroatoms. The maximum atomic E-state index is 12.1.